The molecule has 0 saturated heterocycles. The van der Waals surface area contributed by atoms with Gasteiger partial charge in [0, 0.05) is 32.7 Å². The monoisotopic (exact) mass is 503 g/mol. The summed E-state index contributed by atoms with van der Waals surface area (Å²) in [6.45, 7) is 1.92. The van der Waals surface area contributed by atoms with Gasteiger partial charge in [0.25, 0.3) is 0 Å². The van der Waals surface area contributed by atoms with Gasteiger partial charge in [0.15, 0.2) is 0 Å². The third-order valence-electron chi connectivity index (χ3n) is 3.40. The number of benzene rings is 2. The molecule has 2 N–H and O–H groups in total. The van der Waals surface area contributed by atoms with Crippen LogP contribution >= 0.6 is 45.8 Å². The van der Waals surface area contributed by atoms with Crippen LogP contribution in [0.2, 0.25) is 10.0 Å². The zero-order chi connectivity index (χ0) is 19.1. The number of aryl methyl sites for hydroxylation is 1. The fourth-order valence-corrected chi connectivity index (χ4v) is 3.15. The Balaban J connectivity index is 1.79. The number of rotatable bonds is 6. The summed E-state index contributed by atoms with van der Waals surface area (Å²) in [5, 5.41) is 7.58. The molecule has 0 unspecified atom stereocenters. The van der Waals surface area contributed by atoms with Crippen molar-refractivity contribution in [1.29, 1.82) is 0 Å². The molecule has 0 radical (unpaired) electrons. The number of carbonyl (C=O) groups is 2. The van der Waals surface area contributed by atoms with E-state index >= 15 is 0 Å². The van der Waals surface area contributed by atoms with E-state index in [1.165, 1.54) is 6.21 Å². The third-order valence-corrected chi connectivity index (χ3v) is 4.63. The molecule has 0 aromatic heterocycles. The highest BCUT2D eigenvalue weighted by Gasteiger charge is 2.08. The highest BCUT2D eigenvalue weighted by atomic mass is 127. The number of nitrogens with zero attached hydrogens (tertiary/aromatic N) is 1. The Morgan fingerprint density at radius 3 is 2.54 bits per heavy atom. The number of halogens is 3. The lowest BCUT2D eigenvalue weighted by molar-refractivity contribution is -0.124. The van der Waals surface area contributed by atoms with E-state index in [0.29, 0.717) is 15.6 Å². The minimum Gasteiger partial charge on any atom is -0.326 e. The first kappa shape index (κ1) is 20.7. The van der Waals surface area contributed by atoms with Crippen LogP contribution in [0.25, 0.3) is 0 Å². The number of hydrazone groups is 1. The van der Waals surface area contributed by atoms with Crippen molar-refractivity contribution >= 4 is 69.5 Å². The Bertz CT molecular complexity index is 856. The minimum atomic E-state index is -0.360. The molecule has 0 bridgehead atoms. The molecule has 26 heavy (non-hydrogen) atoms. The van der Waals surface area contributed by atoms with Crippen LogP contribution in [-0.4, -0.2) is 18.0 Å². The maximum Gasteiger partial charge on any atom is 0.240 e. The SMILES string of the molecule is Cc1cc(I)ccc1NC(=O)CCC(=O)N/N=C/c1ccc(Cl)cc1Cl. The topological polar surface area (TPSA) is 70.6 Å². The molecule has 8 heteroatoms. The number of amides is 2. The summed E-state index contributed by atoms with van der Waals surface area (Å²) in [7, 11) is 0. The molecule has 2 rings (SSSR count). The summed E-state index contributed by atoms with van der Waals surface area (Å²) in [6, 6.07) is 10.7. The lowest BCUT2D eigenvalue weighted by Crippen LogP contribution is -2.20. The van der Waals surface area contributed by atoms with Crippen LogP contribution in [0.4, 0.5) is 5.69 Å². The van der Waals surface area contributed by atoms with Gasteiger partial charge in [-0.3, -0.25) is 9.59 Å². The zero-order valence-corrected chi connectivity index (χ0v) is 17.5. The quantitative estimate of drug-likeness (QED) is 0.338. The molecule has 2 aromatic rings. The summed E-state index contributed by atoms with van der Waals surface area (Å²) in [6.07, 6.45) is 1.51. The zero-order valence-electron chi connectivity index (χ0n) is 13.9. The van der Waals surface area contributed by atoms with E-state index in [2.05, 4.69) is 38.4 Å². The van der Waals surface area contributed by atoms with Gasteiger partial charge in [-0.25, -0.2) is 5.43 Å². The first-order chi connectivity index (χ1) is 12.3. The Labute approximate surface area is 175 Å². The molecule has 0 fully saturated rings. The van der Waals surface area contributed by atoms with Crippen LogP contribution in [0.15, 0.2) is 41.5 Å². The van der Waals surface area contributed by atoms with Crippen molar-refractivity contribution in [2.75, 3.05) is 5.32 Å². The molecule has 0 aliphatic carbocycles. The van der Waals surface area contributed by atoms with Crippen LogP contribution in [-0.2, 0) is 9.59 Å². The molecular weight excluding hydrogens is 488 g/mol. The van der Waals surface area contributed by atoms with Gasteiger partial charge in [0.1, 0.15) is 0 Å². The molecule has 0 saturated carbocycles. The van der Waals surface area contributed by atoms with Gasteiger partial charge in [-0.2, -0.15) is 5.10 Å². The molecule has 2 amide bonds. The van der Waals surface area contributed by atoms with E-state index in [9.17, 15) is 9.59 Å². The van der Waals surface area contributed by atoms with E-state index in [4.69, 9.17) is 23.2 Å². The van der Waals surface area contributed by atoms with Crippen molar-refractivity contribution in [3.8, 4) is 0 Å². The third kappa shape index (κ3) is 6.59. The van der Waals surface area contributed by atoms with Crippen LogP contribution in [0.3, 0.4) is 0 Å². The normalized spacial score (nSPS) is 10.8. The van der Waals surface area contributed by atoms with Crippen molar-refractivity contribution in [3.63, 3.8) is 0 Å². The van der Waals surface area contributed by atoms with Crippen LogP contribution in [0.5, 0.6) is 0 Å². The van der Waals surface area contributed by atoms with Gasteiger partial charge in [-0.05, 0) is 65.4 Å². The standard InChI is InChI=1S/C18H16Cl2IN3O2/c1-11-8-14(21)4-5-16(11)23-17(25)6-7-18(26)24-22-10-12-2-3-13(19)9-15(12)20/h2-5,8-10H,6-7H2,1H3,(H,23,25)(H,24,26)/b22-10+. The number of carbonyl (C=O) groups excluding carboxylic acids is 2. The van der Waals surface area contributed by atoms with Crippen LogP contribution in [0, 0.1) is 10.5 Å². The van der Waals surface area contributed by atoms with Crippen molar-refractivity contribution in [2.45, 2.75) is 19.8 Å². The maximum absolute atomic E-state index is 12.0. The number of nitrogens with one attached hydrogen (secondary N) is 2. The average molecular weight is 504 g/mol. The Hall–Kier alpha value is -1.64. The van der Waals surface area contributed by atoms with Gasteiger partial charge in [0.05, 0.1) is 11.2 Å². The predicted molar refractivity (Wildman–Crippen MR) is 114 cm³/mol. The lowest BCUT2D eigenvalue weighted by Gasteiger charge is -2.08. The minimum absolute atomic E-state index is 0.0287. The van der Waals surface area contributed by atoms with E-state index in [1.807, 2.05) is 25.1 Å². The van der Waals surface area contributed by atoms with Crippen molar-refractivity contribution in [2.24, 2.45) is 5.10 Å². The summed E-state index contributed by atoms with van der Waals surface area (Å²) >= 11 is 14.0. The van der Waals surface area contributed by atoms with E-state index in [-0.39, 0.29) is 24.7 Å². The smallest absolute Gasteiger partial charge is 0.240 e. The largest absolute Gasteiger partial charge is 0.326 e. The molecule has 0 aliphatic rings. The first-order valence-electron chi connectivity index (χ1n) is 7.68. The van der Waals surface area contributed by atoms with E-state index in [0.717, 1.165) is 14.8 Å². The number of anilines is 1. The van der Waals surface area contributed by atoms with E-state index in [1.54, 1.807) is 18.2 Å². The molecule has 0 heterocycles. The second kappa shape index (κ2) is 9.89. The molecule has 0 atom stereocenters. The number of hydrogen-bond acceptors (Lipinski definition) is 3. The fraction of sp³-hybridized carbons (Fsp3) is 0.167. The highest BCUT2D eigenvalue weighted by Crippen LogP contribution is 2.19. The van der Waals surface area contributed by atoms with Crippen LogP contribution in [0.1, 0.15) is 24.0 Å². The maximum atomic E-state index is 12.0. The summed E-state index contributed by atoms with van der Waals surface area (Å²) < 4.78 is 1.09. The van der Waals surface area contributed by atoms with Gasteiger partial charge < -0.3 is 5.32 Å². The molecule has 2 aromatic carbocycles. The van der Waals surface area contributed by atoms with Crippen LogP contribution < -0.4 is 10.7 Å². The van der Waals surface area contributed by atoms with Gasteiger partial charge in [0.2, 0.25) is 11.8 Å². The van der Waals surface area contributed by atoms with Crippen molar-refractivity contribution in [1.82, 2.24) is 5.43 Å². The highest BCUT2D eigenvalue weighted by molar-refractivity contribution is 14.1. The van der Waals surface area contributed by atoms with Crippen molar-refractivity contribution in [3.05, 3.63) is 61.1 Å². The molecule has 0 aliphatic heterocycles. The Morgan fingerprint density at radius 2 is 1.85 bits per heavy atom. The van der Waals surface area contributed by atoms with E-state index < -0.39 is 0 Å². The molecule has 136 valence electrons. The lowest BCUT2D eigenvalue weighted by atomic mass is 10.2. The molecular formula is C18H16Cl2IN3O2. The average Bonchev–Trinajstić information content (AvgIpc) is 2.57. The number of hydrogen-bond donors (Lipinski definition) is 2. The Morgan fingerprint density at radius 1 is 1.12 bits per heavy atom. The van der Waals surface area contributed by atoms with Gasteiger partial charge in [-0.1, -0.05) is 29.3 Å². The van der Waals surface area contributed by atoms with Gasteiger partial charge >= 0.3 is 0 Å². The Kier molecular flexibility index (Phi) is 7.86. The summed E-state index contributed by atoms with van der Waals surface area (Å²) in [5.74, 6) is -0.588. The second-order valence-corrected chi connectivity index (χ2v) is 7.56. The summed E-state index contributed by atoms with van der Waals surface area (Å²) in [4.78, 5) is 23.7. The fourth-order valence-electron chi connectivity index (χ4n) is 2.04. The molecule has 5 nitrogen and oxygen atoms in total. The van der Waals surface area contributed by atoms with Crippen molar-refractivity contribution < 1.29 is 9.59 Å². The predicted octanol–water partition coefficient (Wildman–Crippen LogP) is 4.78. The molecule has 0 spiro atoms. The first-order valence-corrected chi connectivity index (χ1v) is 9.51. The summed E-state index contributed by atoms with van der Waals surface area (Å²) in [5.41, 5.74) is 4.71. The second-order valence-electron chi connectivity index (χ2n) is 5.47. The van der Waals surface area contributed by atoms with Gasteiger partial charge in [-0.15, -0.1) is 0 Å².